The molecule has 1 aliphatic rings. The number of likely N-dealkylation sites (N-methyl/N-ethyl adjacent to an activating group) is 1. The first-order chi connectivity index (χ1) is 7.50. The van der Waals surface area contributed by atoms with Gasteiger partial charge in [-0.2, -0.15) is 0 Å². The molecule has 1 atom stereocenters. The van der Waals surface area contributed by atoms with Crippen LogP contribution in [0.25, 0.3) is 0 Å². The van der Waals surface area contributed by atoms with Crippen molar-refractivity contribution in [3.05, 3.63) is 34.6 Å². The van der Waals surface area contributed by atoms with Crippen molar-refractivity contribution in [2.24, 2.45) is 0 Å². The van der Waals surface area contributed by atoms with Crippen LogP contribution in [0.2, 0.25) is 5.02 Å². The molecule has 0 aromatic heterocycles. The van der Waals surface area contributed by atoms with Crippen molar-refractivity contribution >= 4 is 11.6 Å². The van der Waals surface area contributed by atoms with Gasteiger partial charge in [0.25, 0.3) is 0 Å². The van der Waals surface area contributed by atoms with Crippen molar-refractivity contribution in [2.75, 3.05) is 20.1 Å². The van der Waals surface area contributed by atoms with Crippen LogP contribution < -0.4 is 0 Å². The Morgan fingerprint density at radius 2 is 2.31 bits per heavy atom. The predicted molar refractivity (Wildman–Crippen MR) is 62.2 cm³/mol. The first-order valence-corrected chi connectivity index (χ1v) is 5.72. The summed E-state index contributed by atoms with van der Waals surface area (Å²) in [4.78, 5) is 2.04. The number of likely N-dealkylation sites (tertiary alicyclic amines) is 1. The maximum absolute atomic E-state index is 13.7. The summed E-state index contributed by atoms with van der Waals surface area (Å²) >= 11 is 5.71. The van der Waals surface area contributed by atoms with Crippen LogP contribution in [0.1, 0.15) is 12.0 Å². The van der Waals surface area contributed by atoms with Crippen LogP contribution in [0.5, 0.6) is 0 Å². The molecule has 1 saturated heterocycles. The maximum Gasteiger partial charge on any atom is 0.145 e. The van der Waals surface area contributed by atoms with E-state index in [4.69, 9.17) is 11.6 Å². The van der Waals surface area contributed by atoms with Gasteiger partial charge in [-0.1, -0.05) is 23.7 Å². The first-order valence-electron chi connectivity index (χ1n) is 5.34. The number of aliphatic hydroxyl groups is 1. The molecule has 0 amide bonds. The van der Waals surface area contributed by atoms with Gasteiger partial charge in [-0.05, 0) is 25.1 Å². The van der Waals surface area contributed by atoms with Gasteiger partial charge in [-0.25, -0.2) is 4.39 Å². The average molecular weight is 244 g/mol. The van der Waals surface area contributed by atoms with Crippen molar-refractivity contribution in [3.63, 3.8) is 0 Å². The number of hydrogen-bond acceptors (Lipinski definition) is 2. The van der Waals surface area contributed by atoms with Crippen molar-refractivity contribution in [1.82, 2.24) is 4.90 Å². The van der Waals surface area contributed by atoms with E-state index in [9.17, 15) is 9.50 Å². The Balaban J connectivity index is 2.18. The van der Waals surface area contributed by atoms with Crippen LogP contribution in [-0.4, -0.2) is 35.7 Å². The summed E-state index contributed by atoms with van der Waals surface area (Å²) in [6.45, 7) is 1.43. The van der Waals surface area contributed by atoms with Gasteiger partial charge in [0.1, 0.15) is 5.82 Å². The highest BCUT2D eigenvalue weighted by Gasteiger charge is 2.35. The summed E-state index contributed by atoms with van der Waals surface area (Å²) in [6.07, 6.45) is 0.999. The van der Waals surface area contributed by atoms with Crippen LogP contribution in [-0.2, 0) is 6.42 Å². The minimum atomic E-state index is -0.819. The molecule has 0 saturated carbocycles. The Morgan fingerprint density at radius 1 is 1.56 bits per heavy atom. The highest BCUT2D eigenvalue weighted by Crippen LogP contribution is 2.27. The second-order valence-electron chi connectivity index (χ2n) is 4.60. The molecule has 1 heterocycles. The lowest BCUT2D eigenvalue weighted by Crippen LogP contribution is -2.34. The fraction of sp³-hybridized carbons (Fsp3) is 0.500. The number of halogens is 2. The van der Waals surface area contributed by atoms with Gasteiger partial charge in [-0.3, -0.25) is 0 Å². The lowest BCUT2D eigenvalue weighted by Gasteiger charge is -2.22. The van der Waals surface area contributed by atoms with Gasteiger partial charge in [0.15, 0.2) is 0 Å². The van der Waals surface area contributed by atoms with E-state index in [-0.39, 0.29) is 5.02 Å². The highest BCUT2D eigenvalue weighted by molar-refractivity contribution is 6.30. The van der Waals surface area contributed by atoms with Gasteiger partial charge >= 0.3 is 0 Å². The zero-order valence-electron chi connectivity index (χ0n) is 9.21. The average Bonchev–Trinajstić information content (AvgIpc) is 2.54. The normalized spacial score (nSPS) is 26.2. The standard InChI is InChI=1S/C12H15ClFNO/c1-15-6-5-12(16,8-15)7-9-3-2-4-10(13)11(9)14/h2-4,16H,5-8H2,1H3. The quantitative estimate of drug-likeness (QED) is 0.860. The summed E-state index contributed by atoms with van der Waals surface area (Å²) in [6, 6.07) is 4.91. The Kier molecular flexibility index (Phi) is 3.19. The molecule has 1 fully saturated rings. The fourth-order valence-electron chi connectivity index (χ4n) is 2.24. The third kappa shape index (κ3) is 2.37. The highest BCUT2D eigenvalue weighted by atomic mass is 35.5. The molecule has 88 valence electrons. The molecule has 4 heteroatoms. The summed E-state index contributed by atoms with van der Waals surface area (Å²) in [5.74, 6) is -0.410. The molecule has 2 nitrogen and oxygen atoms in total. The number of benzene rings is 1. The number of β-amino-alcohol motifs (C(OH)–C–C–N with tert-alkyl or cyclic N) is 1. The molecule has 2 rings (SSSR count). The lowest BCUT2D eigenvalue weighted by molar-refractivity contribution is 0.0515. The zero-order valence-corrected chi connectivity index (χ0v) is 9.97. The molecule has 1 aliphatic heterocycles. The van der Waals surface area contributed by atoms with Crippen molar-refractivity contribution in [3.8, 4) is 0 Å². The van der Waals surface area contributed by atoms with Gasteiger partial charge in [0.2, 0.25) is 0 Å². The molecule has 0 aliphatic carbocycles. The number of hydrogen-bond donors (Lipinski definition) is 1. The van der Waals surface area contributed by atoms with Gasteiger partial charge in [0, 0.05) is 19.5 Å². The van der Waals surface area contributed by atoms with Gasteiger partial charge in [-0.15, -0.1) is 0 Å². The van der Waals surface area contributed by atoms with Crippen LogP contribution >= 0.6 is 11.6 Å². The second-order valence-corrected chi connectivity index (χ2v) is 5.01. The van der Waals surface area contributed by atoms with Crippen LogP contribution in [0, 0.1) is 5.82 Å². The molecular weight excluding hydrogens is 229 g/mol. The predicted octanol–water partition coefficient (Wildman–Crippen LogP) is 2.09. The summed E-state index contributed by atoms with van der Waals surface area (Å²) in [7, 11) is 1.95. The largest absolute Gasteiger partial charge is 0.388 e. The first kappa shape index (κ1) is 11.8. The Morgan fingerprint density at radius 3 is 2.94 bits per heavy atom. The molecule has 0 radical (unpaired) electrons. The minimum Gasteiger partial charge on any atom is -0.388 e. The molecular formula is C12H15ClFNO. The van der Waals surface area contributed by atoms with E-state index >= 15 is 0 Å². The van der Waals surface area contributed by atoms with E-state index in [0.717, 1.165) is 6.54 Å². The fourth-order valence-corrected chi connectivity index (χ4v) is 2.44. The van der Waals surface area contributed by atoms with Crippen LogP contribution in [0.3, 0.4) is 0 Å². The third-order valence-electron chi connectivity index (χ3n) is 3.07. The van der Waals surface area contributed by atoms with Crippen molar-refractivity contribution in [2.45, 2.75) is 18.4 Å². The smallest absolute Gasteiger partial charge is 0.145 e. The Hall–Kier alpha value is -0.640. The SMILES string of the molecule is CN1CCC(O)(Cc2cccc(Cl)c2F)C1. The maximum atomic E-state index is 13.7. The molecule has 0 bridgehead atoms. The van der Waals surface area contributed by atoms with E-state index in [1.807, 2.05) is 11.9 Å². The van der Waals surface area contributed by atoms with Gasteiger partial charge in [0.05, 0.1) is 10.6 Å². The third-order valence-corrected chi connectivity index (χ3v) is 3.37. The Labute approximate surface area is 99.6 Å². The summed E-state index contributed by atoms with van der Waals surface area (Å²) < 4.78 is 13.7. The van der Waals surface area contributed by atoms with Crippen molar-refractivity contribution in [1.29, 1.82) is 0 Å². The summed E-state index contributed by atoms with van der Waals surface area (Å²) in [5, 5.41) is 10.4. The summed E-state index contributed by atoms with van der Waals surface area (Å²) in [5.41, 5.74) is -0.328. The molecule has 1 aromatic carbocycles. The van der Waals surface area contributed by atoms with E-state index in [2.05, 4.69) is 0 Å². The zero-order chi connectivity index (χ0) is 11.8. The monoisotopic (exact) mass is 243 g/mol. The van der Waals surface area contributed by atoms with Crippen molar-refractivity contribution < 1.29 is 9.50 Å². The topological polar surface area (TPSA) is 23.5 Å². The lowest BCUT2D eigenvalue weighted by atomic mass is 9.93. The van der Waals surface area contributed by atoms with E-state index in [0.29, 0.717) is 24.9 Å². The molecule has 0 spiro atoms. The molecule has 1 N–H and O–H groups in total. The molecule has 16 heavy (non-hydrogen) atoms. The number of nitrogens with zero attached hydrogens (tertiary/aromatic N) is 1. The van der Waals surface area contributed by atoms with Crippen LogP contribution in [0.4, 0.5) is 4.39 Å². The molecule has 1 unspecified atom stereocenters. The van der Waals surface area contributed by atoms with E-state index < -0.39 is 11.4 Å². The second kappa shape index (κ2) is 4.32. The van der Waals surface area contributed by atoms with Crippen LogP contribution in [0.15, 0.2) is 18.2 Å². The number of rotatable bonds is 2. The van der Waals surface area contributed by atoms with E-state index in [1.54, 1.807) is 12.1 Å². The van der Waals surface area contributed by atoms with Gasteiger partial charge < -0.3 is 10.0 Å². The Bertz CT molecular complexity index is 399. The van der Waals surface area contributed by atoms with E-state index in [1.165, 1.54) is 6.07 Å². The molecule has 1 aromatic rings. The minimum absolute atomic E-state index is 0.118.